The van der Waals surface area contributed by atoms with Gasteiger partial charge in [0.15, 0.2) is 5.69 Å². The van der Waals surface area contributed by atoms with Gasteiger partial charge in [0.2, 0.25) is 5.95 Å². The second-order valence-corrected chi connectivity index (χ2v) is 5.20. The minimum absolute atomic E-state index is 0.138. The molecule has 1 fully saturated rings. The van der Waals surface area contributed by atoms with Crippen molar-refractivity contribution >= 4 is 23.5 Å². The maximum absolute atomic E-state index is 12.5. The molecule has 2 heterocycles. The van der Waals surface area contributed by atoms with E-state index in [0.717, 1.165) is 30.4 Å². The Labute approximate surface area is 107 Å². The molecule has 1 atom stereocenters. The van der Waals surface area contributed by atoms with E-state index in [9.17, 15) is 13.2 Å². The molecule has 1 aliphatic heterocycles. The van der Waals surface area contributed by atoms with Crippen LogP contribution < -0.4 is 11.1 Å². The first-order valence-corrected chi connectivity index (χ1v) is 6.66. The van der Waals surface area contributed by atoms with Gasteiger partial charge in [-0.15, -0.1) is 0 Å². The van der Waals surface area contributed by atoms with E-state index in [1.165, 1.54) is 0 Å². The number of nitrogens with one attached hydrogen (secondary N) is 1. The van der Waals surface area contributed by atoms with E-state index in [1.54, 1.807) is 11.8 Å². The van der Waals surface area contributed by atoms with Crippen LogP contribution in [-0.2, 0) is 6.18 Å². The van der Waals surface area contributed by atoms with Gasteiger partial charge < -0.3 is 11.1 Å². The topological polar surface area (TPSA) is 63.8 Å². The molecule has 0 aliphatic carbocycles. The summed E-state index contributed by atoms with van der Waals surface area (Å²) >= 11 is 1.78. The van der Waals surface area contributed by atoms with Crippen LogP contribution in [0, 0.1) is 0 Å². The van der Waals surface area contributed by atoms with Gasteiger partial charge in [0.05, 0.1) is 0 Å². The summed E-state index contributed by atoms with van der Waals surface area (Å²) in [6, 6.07) is 1.04. The molecule has 18 heavy (non-hydrogen) atoms. The zero-order valence-corrected chi connectivity index (χ0v) is 10.3. The molecule has 0 bridgehead atoms. The predicted octanol–water partition coefficient (Wildman–Crippen LogP) is 2.39. The largest absolute Gasteiger partial charge is 0.433 e. The maximum atomic E-state index is 12.5. The van der Waals surface area contributed by atoms with E-state index in [1.807, 2.05) is 0 Å². The van der Waals surface area contributed by atoms with Crippen LogP contribution in [0.4, 0.5) is 24.9 Å². The lowest BCUT2D eigenvalue weighted by molar-refractivity contribution is -0.141. The van der Waals surface area contributed by atoms with Crippen molar-refractivity contribution in [1.29, 1.82) is 0 Å². The number of aromatic nitrogens is 2. The summed E-state index contributed by atoms with van der Waals surface area (Å²) in [7, 11) is 0. The summed E-state index contributed by atoms with van der Waals surface area (Å²) in [5.74, 6) is 1.74. The van der Waals surface area contributed by atoms with Gasteiger partial charge in [-0.3, -0.25) is 0 Å². The number of nitrogens with zero attached hydrogens (tertiary/aromatic N) is 2. The van der Waals surface area contributed by atoms with Gasteiger partial charge in [0.25, 0.3) is 0 Å². The number of nitrogen functional groups attached to an aromatic ring is 1. The quantitative estimate of drug-likeness (QED) is 0.869. The molecular formula is C10H13F3N4S. The van der Waals surface area contributed by atoms with Crippen LogP contribution in [0.2, 0.25) is 0 Å². The van der Waals surface area contributed by atoms with Crippen LogP contribution in [0.25, 0.3) is 0 Å². The van der Waals surface area contributed by atoms with Gasteiger partial charge in [0.1, 0.15) is 5.82 Å². The lowest BCUT2D eigenvalue weighted by Gasteiger charge is -2.23. The van der Waals surface area contributed by atoms with Crippen LogP contribution in [0.1, 0.15) is 18.5 Å². The molecule has 4 nitrogen and oxygen atoms in total. The molecule has 1 aromatic rings. The third-order valence-corrected chi connectivity index (χ3v) is 3.76. The Balaban J connectivity index is 2.14. The minimum atomic E-state index is -4.51. The van der Waals surface area contributed by atoms with Crippen molar-refractivity contribution in [2.75, 3.05) is 22.6 Å². The van der Waals surface area contributed by atoms with E-state index in [-0.39, 0.29) is 17.8 Å². The lowest BCUT2D eigenvalue weighted by atomic mass is 10.2. The number of halogens is 3. The zero-order chi connectivity index (χ0) is 13.2. The van der Waals surface area contributed by atoms with Crippen molar-refractivity contribution < 1.29 is 13.2 Å². The Morgan fingerprint density at radius 3 is 2.78 bits per heavy atom. The number of nitrogens with two attached hydrogens (primary N) is 1. The summed E-state index contributed by atoms with van der Waals surface area (Å²) in [6.07, 6.45) is -2.53. The SMILES string of the molecule is Nc1nc(NC2CCCSC2)cc(C(F)(F)F)n1. The van der Waals surface area contributed by atoms with Gasteiger partial charge >= 0.3 is 6.18 Å². The molecular weight excluding hydrogens is 265 g/mol. The second-order valence-electron chi connectivity index (χ2n) is 4.05. The maximum Gasteiger partial charge on any atom is 0.433 e. The van der Waals surface area contributed by atoms with Gasteiger partial charge in [-0.05, 0) is 18.6 Å². The highest BCUT2D eigenvalue weighted by Crippen LogP contribution is 2.30. The Morgan fingerprint density at radius 1 is 1.39 bits per heavy atom. The highest BCUT2D eigenvalue weighted by atomic mass is 32.2. The van der Waals surface area contributed by atoms with Gasteiger partial charge in [0, 0.05) is 17.9 Å². The average Bonchev–Trinajstić information content (AvgIpc) is 2.28. The number of hydrogen-bond acceptors (Lipinski definition) is 5. The zero-order valence-electron chi connectivity index (χ0n) is 9.50. The molecule has 1 saturated heterocycles. The molecule has 2 rings (SSSR count). The normalized spacial score (nSPS) is 20.7. The Morgan fingerprint density at radius 2 is 2.17 bits per heavy atom. The van der Waals surface area contributed by atoms with Crippen molar-refractivity contribution in [1.82, 2.24) is 9.97 Å². The van der Waals surface area contributed by atoms with E-state index in [0.29, 0.717) is 0 Å². The van der Waals surface area contributed by atoms with Gasteiger partial charge in [-0.2, -0.15) is 29.9 Å². The average molecular weight is 278 g/mol. The highest BCUT2D eigenvalue weighted by Gasteiger charge is 2.33. The molecule has 0 amide bonds. The Kier molecular flexibility index (Phi) is 3.84. The van der Waals surface area contributed by atoms with E-state index in [2.05, 4.69) is 15.3 Å². The van der Waals surface area contributed by atoms with Crippen LogP contribution in [0.5, 0.6) is 0 Å². The van der Waals surface area contributed by atoms with Crippen LogP contribution in [-0.4, -0.2) is 27.5 Å². The molecule has 0 aromatic carbocycles. The number of hydrogen-bond donors (Lipinski definition) is 2. The van der Waals surface area contributed by atoms with Crippen molar-refractivity contribution in [2.45, 2.75) is 25.1 Å². The first-order chi connectivity index (χ1) is 8.45. The number of anilines is 2. The van der Waals surface area contributed by atoms with Gasteiger partial charge in [-0.1, -0.05) is 0 Å². The second kappa shape index (κ2) is 5.21. The summed E-state index contributed by atoms with van der Waals surface area (Å²) < 4.78 is 37.6. The van der Waals surface area contributed by atoms with E-state index < -0.39 is 11.9 Å². The molecule has 0 radical (unpaired) electrons. The molecule has 3 N–H and O–H groups in total. The highest BCUT2D eigenvalue weighted by molar-refractivity contribution is 7.99. The van der Waals surface area contributed by atoms with Crippen LogP contribution in [0.3, 0.4) is 0 Å². The molecule has 8 heteroatoms. The fourth-order valence-corrected chi connectivity index (χ4v) is 2.82. The monoisotopic (exact) mass is 278 g/mol. The van der Waals surface area contributed by atoms with Gasteiger partial charge in [-0.25, -0.2) is 4.98 Å². The van der Waals surface area contributed by atoms with Crippen LogP contribution >= 0.6 is 11.8 Å². The molecule has 1 aliphatic rings. The van der Waals surface area contributed by atoms with Crippen molar-refractivity contribution in [3.05, 3.63) is 11.8 Å². The first-order valence-electron chi connectivity index (χ1n) is 5.51. The van der Waals surface area contributed by atoms with Crippen molar-refractivity contribution in [3.8, 4) is 0 Å². The number of thioether (sulfide) groups is 1. The molecule has 1 unspecified atom stereocenters. The van der Waals surface area contributed by atoms with Crippen LogP contribution in [0.15, 0.2) is 6.07 Å². The summed E-state index contributed by atoms with van der Waals surface area (Å²) in [5.41, 5.74) is 4.28. The third kappa shape index (κ3) is 3.41. The third-order valence-electron chi connectivity index (χ3n) is 2.55. The summed E-state index contributed by atoms with van der Waals surface area (Å²) in [5, 5.41) is 2.98. The molecule has 1 aromatic heterocycles. The Bertz CT molecular complexity index is 418. The summed E-state index contributed by atoms with van der Waals surface area (Å²) in [6.45, 7) is 0. The van der Waals surface area contributed by atoms with E-state index in [4.69, 9.17) is 5.73 Å². The standard InChI is InChI=1S/C10H13F3N4S/c11-10(12,13)7-4-8(17-9(14)16-7)15-6-2-1-3-18-5-6/h4,6H,1-3,5H2,(H3,14,15,16,17). The number of alkyl halides is 3. The minimum Gasteiger partial charge on any atom is -0.368 e. The molecule has 0 spiro atoms. The summed E-state index contributed by atoms with van der Waals surface area (Å²) in [4.78, 5) is 6.98. The smallest absolute Gasteiger partial charge is 0.368 e. The van der Waals surface area contributed by atoms with Crippen molar-refractivity contribution in [2.24, 2.45) is 0 Å². The molecule has 0 saturated carbocycles. The molecule has 100 valence electrons. The Hall–Kier alpha value is -1.18. The predicted molar refractivity (Wildman–Crippen MR) is 65.4 cm³/mol. The van der Waals surface area contributed by atoms with E-state index >= 15 is 0 Å². The fourth-order valence-electron chi connectivity index (χ4n) is 1.75. The number of rotatable bonds is 2. The lowest BCUT2D eigenvalue weighted by Crippen LogP contribution is -2.26. The first kappa shape index (κ1) is 13.3. The fraction of sp³-hybridized carbons (Fsp3) is 0.600. The van der Waals surface area contributed by atoms with Crippen molar-refractivity contribution in [3.63, 3.8) is 0 Å².